The Hall–Kier alpha value is -2.18. The molecule has 0 aliphatic rings. The van der Waals surface area contributed by atoms with Gasteiger partial charge in [-0.1, -0.05) is 6.58 Å². The minimum atomic E-state index is -2.60. The molecule has 0 heterocycles. The Morgan fingerprint density at radius 1 is 1.25 bits per heavy atom. The molecule has 0 fully saturated rings. The van der Waals surface area contributed by atoms with Gasteiger partial charge in [-0.3, -0.25) is 9.59 Å². The van der Waals surface area contributed by atoms with Gasteiger partial charge in [0.1, 0.15) is 0 Å². The van der Waals surface area contributed by atoms with Crippen LogP contribution in [0, 0.1) is 5.41 Å². The lowest BCUT2D eigenvalue weighted by atomic mass is 9.91. The summed E-state index contributed by atoms with van der Waals surface area (Å²) in [6.07, 6.45) is 0.671. The van der Waals surface area contributed by atoms with Crippen molar-refractivity contribution >= 4 is 23.9 Å². The third-order valence-corrected chi connectivity index (χ3v) is 1.67. The Labute approximate surface area is 90.6 Å². The minimum absolute atomic E-state index is 0.671. The van der Waals surface area contributed by atoms with E-state index in [1.165, 1.54) is 0 Å². The molecule has 0 aromatic rings. The van der Waals surface area contributed by atoms with Crippen LogP contribution in [0.15, 0.2) is 12.8 Å². The molecule has 16 heavy (non-hydrogen) atoms. The first-order chi connectivity index (χ1) is 7.26. The molecule has 0 amide bonds. The highest BCUT2D eigenvalue weighted by Gasteiger charge is 2.52. The smallest absolute Gasteiger partial charge is 0.342 e. The molecule has 0 saturated heterocycles. The molecule has 0 aromatic heterocycles. The number of hydrogen-bond donors (Lipinski definition) is 1. The highest BCUT2D eigenvalue weighted by atomic mass is 16.6. The molecule has 0 spiro atoms. The first-order valence-corrected chi connectivity index (χ1v) is 4.05. The zero-order valence-electron chi connectivity index (χ0n) is 8.68. The molecular weight excluding hydrogens is 220 g/mol. The zero-order chi connectivity index (χ0) is 12.9. The van der Waals surface area contributed by atoms with E-state index >= 15 is 0 Å². The number of carboxylic acids is 1. The van der Waals surface area contributed by atoms with Crippen molar-refractivity contribution in [2.75, 3.05) is 0 Å². The zero-order valence-corrected chi connectivity index (χ0v) is 8.68. The van der Waals surface area contributed by atoms with E-state index in [4.69, 9.17) is 5.11 Å². The molecular formula is C9H10O7. The summed E-state index contributed by atoms with van der Waals surface area (Å²) < 4.78 is 8.25. The van der Waals surface area contributed by atoms with Gasteiger partial charge >= 0.3 is 23.9 Å². The van der Waals surface area contributed by atoms with Crippen LogP contribution in [-0.2, 0) is 28.7 Å². The monoisotopic (exact) mass is 230 g/mol. The molecule has 0 saturated carbocycles. The summed E-state index contributed by atoms with van der Waals surface area (Å²) in [5.74, 6) is -5.71. The van der Waals surface area contributed by atoms with Gasteiger partial charge in [-0.05, 0) is 6.92 Å². The Kier molecular flexibility index (Phi) is 4.37. The Morgan fingerprint density at radius 2 is 1.75 bits per heavy atom. The summed E-state index contributed by atoms with van der Waals surface area (Å²) in [4.78, 5) is 43.8. The number of carbonyl (C=O) groups excluding carboxylic acids is 3. The molecule has 1 unspecified atom stereocenters. The van der Waals surface area contributed by atoms with Crippen LogP contribution in [0.25, 0.3) is 0 Å². The molecule has 1 N–H and O–H groups in total. The molecule has 1 atom stereocenters. The van der Waals surface area contributed by atoms with Crippen LogP contribution in [0.3, 0.4) is 0 Å². The van der Waals surface area contributed by atoms with Crippen LogP contribution in [0.2, 0.25) is 0 Å². The molecule has 88 valence electrons. The van der Waals surface area contributed by atoms with Crippen molar-refractivity contribution in [1.29, 1.82) is 0 Å². The number of hydrogen-bond acceptors (Lipinski definition) is 6. The third kappa shape index (κ3) is 2.66. The van der Waals surface area contributed by atoms with Crippen molar-refractivity contribution in [2.24, 2.45) is 5.41 Å². The van der Waals surface area contributed by atoms with E-state index < -0.39 is 29.3 Å². The van der Waals surface area contributed by atoms with E-state index in [2.05, 4.69) is 16.1 Å². The first-order valence-electron chi connectivity index (χ1n) is 4.05. The van der Waals surface area contributed by atoms with E-state index in [9.17, 15) is 19.2 Å². The SMILES string of the molecule is C=COC(=O)C(C)(C(=O)O)C(=O)OC(C)=O. The highest BCUT2D eigenvalue weighted by Crippen LogP contribution is 2.21. The average molecular weight is 230 g/mol. The molecule has 0 bridgehead atoms. The van der Waals surface area contributed by atoms with Crippen molar-refractivity contribution in [2.45, 2.75) is 13.8 Å². The van der Waals surface area contributed by atoms with Gasteiger partial charge in [-0.15, -0.1) is 0 Å². The molecule has 0 aliphatic heterocycles. The summed E-state index contributed by atoms with van der Waals surface area (Å²) in [6.45, 7) is 4.71. The lowest BCUT2D eigenvalue weighted by Gasteiger charge is -2.18. The summed E-state index contributed by atoms with van der Waals surface area (Å²) in [6, 6.07) is 0. The van der Waals surface area contributed by atoms with Gasteiger partial charge in [-0.2, -0.15) is 0 Å². The quantitative estimate of drug-likeness (QED) is 0.406. The average Bonchev–Trinajstić information content (AvgIpc) is 2.15. The van der Waals surface area contributed by atoms with Gasteiger partial charge in [0, 0.05) is 6.92 Å². The fourth-order valence-electron chi connectivity index (χ4n) is 0.684. The first kappa shape index (κ1) is 13.8. The van der Waals surface area contributed by atoms with Crippen LogP contribution < -0.4 is 0 Å². The van der Waals surface area contributed by atoms with E-state index in [-0.39, 0.29) is 0 Å². The minimum Gasteiger partial charge on any atom is -0.480 e. The maximum absolute atomic E-state index is 11.3. The van der Waals surface area contributed by atoms with Crippen molar-refractivity contribution < 1.29 is 33.8 Å². The van der Waals surface area contributed by atoms with Gasteiger partial charge in [0.2, 0.25) is 0 Å². The topological polar surface area (TPSA) is 107 Å². The second kappa shape index (κ2) is 5.06. The number of rotatable bonds is 4. The number of aliphatic carboxylic acids is 1. The number of ether oxygens (including phenoxy) is 2. The lowest BCUT2D eigenvalue weighted by Crippen LogP contribution is -2.46. The maximum Gasteiger partial charge on any atom is 0.342 e. The second-order valence-corrected chi connectivity index (χ2v) is 2.88. The number of carboxylic acid groups (broad SMARTS) is 1. The molecule has 0 aromatic carbocycles. The van der Waals surface area contributed by atoms with Gasteiger partial charge in [0.25, 0.3) is 5.41 Å². The summed E-state index contributed by atoms with van der Waals surface area (Å²) in [7, 11) is 0. The highest BCUT2D eigenvalue weighted by molar-refractivity contribution is 6.18. The van der Waals surface area contributed by atoms with Crippen molar-refractivity contribution in [3.8, 4) is 0 Å². The molecule has 0 aliphatic carbocycles. The van der Waals surface area contributed by atoms with E-state index in [0.717, 1.165) is 13.8 Å². The molecule has 0 radical (unpaired) electrons. The molecule has 7 nitrogen and oxygen atoms in total. The standard InChI is InChI=1S/C9H10O7/c1-4-15-7(13)9(3,6(11)12)8(14)16-5(2)10/h4H,1H2,2-3H3,(H,11,12). The Morgan fingerprint density at radius 3 is 2.06 bits per heavy atom. The Bertz CT molecular complexity index is 357. The predicted octanol–water partition coefficient (Wildman–Crippen LogP) is -0.146. The van der Waals surface area contributed by atoms with Crippen LogP contribution in [-0.4, -0.2) is 29.0 Å². The largest absolute Gasteiger partial charge is 0.480 e. The van der Waals surface area contributed by atoms with Gasteiger partial charge in [-0.25, -0.2) is 9.59 Å². The van der Waals surface area contributed by atoms with Gasteiger partial charge < -0.3 is 14.6 Å². The molecule has 0 rings (SSSR count). The Balaban J connectivity index is 5.18. The van der Waals surface area contributed by atoms with Crippen LogP contribution >= 0.6 is 0 Å². The summed E-state index contributed by atoms with van der Waals surface area (Å²) >= 11 is 0. The summed E-state index contributed by atoms with van der Waals surface area (Å²) in [5, 5.41) is 8.77. The van der Waals surface area contributed by atoms with Crippen LogP contribution in [0.4, 0.5) is 0 Å². The van der Waals surface area contributed by atoms with Crippen molar-refractivity contribution in [1.82, 2.24) is 0 Å². The predicted molar refractivity (Wildman–Crippen MR) is 48.8 cm³/mol. The van der Waals surface area contributed by atoms with Crippen molar-refractivity contribution in [3.05, 3.63) is 12.8 Å². The van der Waals surface area contributed by atoms with Crippen molar-refractivity contribution in [3.63, 3.8) is 0 Å². The van der Waals surface area contributed by atoms with Crippen LogP contribution in [0.1, 0.15) is 13.8 Å². The lowest BCUT2D eigenvalue weighted by molar-refractivity contribution is -0.179. The number of esters is 3. The summed E-state index contributed by atoms with van der Waals surface area (Å²) in [5.41, 5.74) is -2.60. The number of carbonyl (C=O) groups is 4. The maximum atomic E-state index is 11.3. The third-order valence-electron chi connectivity index (χ3n) is 1.67. The fourth-order valence-corrected chi connectivity index (χ4v) is 0.684. The van der Waals surface area contributed by atoms with Gasteiger partial charge in [0.15, 0.2) is 0 Å². The van der Waals surface area contributed by atoms with Gasteiger partial charge in [0.05, 0.1) is 6.26 Å². The second-order valence-electron chi connectivity index (χ2n) is 2.88. The molecule has 7 heteroatoms. The van der Waals surface area contributed by atoms with E-state index in [1.54, 1.807) is 0 Å². The normalized spacial score (nSPS) is 13.1. The fraction of sp³-hybridized carbons (Fsp3) is 0.333. The van der Waals surface area contributed by atoms with E-state index in [1.807, 2.05) is 0 Å². The van der Waals surface area contributed by atoms with Crippen LogP contribution in [0.5, 0.6) is 0 Å². The van der Waals surface area contributed by atoms with E-state index in [0.29, 0.717) is 6.26 Å².